The van der Waals surface area contributed by atoms with Gasteiger partial charge in [0.15, 0.2) is 11.6 Å². The quantitative estimate of drug-likeness (QED) is 0.649. The van der Waals surface area contributed by atoms with Crippen LogP contribution in [-0.4, -0.2) is 11.6 Å². The maximum Gasteiger partial charge on any atom is 0.194 e. The number of nitrogens with one attached hydrogen (secondary N) is 2. The van der Waals surface area contributed by atoms with Crippen molar-refractivity contribution in [2.75, 3.05) is 10.6 Å². The minimum absolute atomic E-state index is 0.128. The molecule has 1 aliphatic rings. The van der Waals surface area contributed by atoms with Gasteiger partial charge in [-0.05, 0) is 49.2 Å². The Morgan fingerprint density at radius 3 is 1.50 bits per heavy atom. The highest BCUT2D eigenvalue weighted by molar-refractivity contribution is 6.28. The summed E-state index contributed by atoms with van der Waals surface area (Å²) in [6.45, 7) is 11.8. The molecular formula is C22H22N2O2. The molecule has 0 radical (unpaired) electrons. The van der Waals surface area contributed by atoms with E-state index in [0.717, 1.165) is 35.6 Å². The predicted molar refractivity (Wildman–Crippen MR) is 106 cm³/mol. The molecule has 0 saturated heterocycles. The molecule has 3 rings (SSSR count). The lowest BCUT2D eigenvalue weighted by Crippen LogP contribution is -2.21. The Labute approximate surface area is 153 Å². The van der Waals surface area contributed by atoms with E-state index < -0.39 is 0 Å². The van der Waals surface area contributed by atoms with Crippen molar-refractivity contribution in [3.63, 3.8) is 0 Å². The van der Waals surface area contributed by atoms with Gasteiger partial charge in [-0.15, -0.1) is 0 Å². The largest absolute Gasteiger partial charge is 0.359 e. The molecule has 2 N–H and O–H groups in total. The Morgan fingerprint density at radius 1 is 0.731 bits per heavy atom. The standard InChI is InChI=1S/C22H22N2O2/c1-5-13(3)23-15-7-9-17-19(11-15)22(26)20-12-16(24-14(4)6-2)8-10-18(20)21(17)25/h7-12,23-24H,3-6H2,1-2H3. The number of carbonyl (C=O) groups is 2. The van der Waals surface area contributed by atoms with Gasteiger partial charge >= 0.3 is 0 Å². The summed E-state index contributed by atoms with van der Waals surface area (Å²) in [4.78, 5) is 25.8. The van der Waals surface area contributed by atoms with Crippen molar-refractivity contribution >= 4 is 22.9 Å². The molecule has 4 nitrogen and oxygen atoms in total. The monoisotopic (exact) mass is 346 g/mol. The molecule has 26 heavy (non-hydrogen) atoms. The summed E-state index contributed by atoms with van der Waals surface area (Å²) in [7, 11) is 0. The number of fused-ring (bicyclic) bond motifs is 2. The molecule has 0 aliphatic heterocycles. The first kappa shape index (κ1) is 17.7. The molecular weight excluding hydrogens is 324 g/mol. The zero-order valence-corrected chi connectivity index (χ0v) is 15.1. The molecule has 0 amide bonds. The van der Waals surface area contributed by atoms with Gasteiger partial charge in [0.05, 0.1) is 0 Å². The van der Waals surface area contributed by atoms with E-state index in [9.17, 15) is 9.59 Å². The molecule has 132 valence electrons. The molecule has 2 aromatic rings. The van der Waals surface area contributed by atoms with Crippen LogP contribution in [0.25, 0.3) is 0 Å². The summed E-state index contributed by atoms with van der Waals surface area (Å²) >= 11 is 0. The van der Waals surface area contributed by atoms with Gasteiger partial charge < -0.3 is 10.6 Å². The van der Waals surface area contributed by atoms with Gasteiger partial charge in [0, 0.05) is 45.0 Å². The fraction of sp³-hybridized carbons (Fsp3) is 0.182. The van der Waals surface area contributed by atoms with E-state index in [1.807, 2.05) is 13.8 Å². The minimum Gasteiger partial charge on any atom is -0.359 e. The van der Waals surface area contributed by atoms with E-state index in [1.165, 1.54) is 0 Å². The summed E-state index contributed by atoms with van der Waals surface area (Å²) in [5, 5.41) is 6.33. The lowest BCUT2D eigenvalue weighted by molar-refractivity contribution is 0.0979. The van der Waals surface area contributed by atoms with Crippen molar-refractivity contribution in [2.45, 2.75) is 26.7 Å². The normalized spacial score (nSPS) is 12.2. The van der Waals surface area contributed by atoms with E-state index in [1.54, 1.807) is 36.4 Å². The second-order valence-electron chi connectivity index (χ2n) is 6.34. The summed E-state index contributed by atoms with van der Waals surface area (Å²) in [6.07, 6.45) is 1.56. The molecule has 4 heteroatoms. The van der Waals surface area contributed by atoms with Gasteiger partial charge in [-0.2, -0.15) is 0 Å². The zero-order valence-electron chi connectivity index (χ0n) is 15.1. The number of anilines is 2. The number of allylic oxidation sites excluding steroid dienone is 2. The van der Waals surface area contributed by atoms with Crippen molar-refractivity contribution in [3.8, 4) is 0 Å². The third-order valence-corrected chi connectivity index (χ3v) is 4.51. The van der Waals surface area contributed by atoms with Crippen LogP contribution in [0.15, 0.2) is 61.0 Å². The van der Waals surface area contributed by atoms with E-state index in [4.69, 9.17) is 0 Å². The van der Waals surface area contributed by atoms with Gasteiger partial charge in [-0.3, -0.25) is 9.59 Å². The number of benzene rings is 2. The zero-order chi connectivity index (χ0) is 18.8. The molecule has 0 unspecified atom stereocenters. The first-order valence-corrected chi connectivity index (χ1v) is 8.71. The number of ketones is 2. The van der Waals surface area contributed by atoms with E-state index in [0.29, 0.717) is 22.3 Å². The Morgan fingerprint density at radius 2 is 1.12 bits per heavy atom. The van der Waals surface area contributed by atoms with Crippen LogP contribution in [0.2, 0.25) is 0 Å². The van der Waals surface area contributed by atoms with E-state index in [-0.39, 0.29) is 11.6 Å². The summed E-state index contributed by atoms with van der Waals surface area (Å²) in [5.41, 5.74) is 4.94. The molecule has 0 aromatic heterocycles. The molecule has 1 aliphatic carbocycles. The van der Waals surface area contributed by atoms with E-state index in [2.05, 4.69) is 23.8 Å². The van der Waals surface area contributed by atoms with Crippen molar-refractivity contribution < 1.29 is 9.59 Å². The molecule has 0 saturated carbocycles. The second-order valence-corrected chi connectivity index (χ2v) is 6.34. The van der Waals surface area contributed by atoms with Crippen LogP contribution in [-0.2, 0) is 0 Å². The Hall–Kier alpha value is -3.14. The first-order valence-electron chi connectivity index (χ1n) is 8.71. The fourth-order valence-corrected chi connectivity index (χ4v) is 2.89. The second kappa shape index (κ2) is 7.00. The first-order chi connectivity index (χ1) is 12.4. The third-order valence-electron chi connectivity index (χ3n) is 4.51. The average molecular weight is 346 g/mol. The highest BCUT2D eigenvalue weighted by atomic mass is 16.1. The molecule has 0 bridgehead atoms. The molecule has 0 fully saturated rings. The molecule has 0 spiro atoms. The van der Waals surface area contributed by atoms with E-state index >= 15 is 0 Å². The number of rotatable bonds is 6. The maximum absolute atomic E-state index is 13.0. The van der Waals surface area contributed by atoms with Crippen LogP contribution < -0.4 is 10.6 Å². The Kier molecular flexibility index (Phi) is 4.76. The fourth-order valence-electron chi connectivity index (χ4n) is 2.89. The van der Waals surface area contributed by atoms with Gasteiger partial charge in [0.2, 0.25) is 0 Å². The van der Waals surface area contributed by atoms with Crippen molar-refractivity contribution in [3.05, 3.63) is 83.2 Å². The Balaban J connectivity index is 2.01. The highest BCUT2D eigenvalue weighted by Crippen LogP contribution is 2.31. The van der Waals surface area contributed by atoms with Crippen LogP contribution in [0, 0.1) is 0 Å². The predicted octanol–water partition coefficient (Wildman–Crippen LogP) is 5.13. The van der Waals surface area contributed by atoms with Crippen molar-refractivity contribution in [1.29, 1.82) is 0 Å². The molecule has 0 atom stereocenters. The average Bonchev–Trinajstić information content (AvgIpc) is 2.65. The maximum atomic E-state index is 13.0. The lowest BCUT2D eigenvalue weighted by Gasteiger charge is -2.20. The van der Waals surface area contributed by atoms with Gasteiger partial charge in [-0.1, -0.05) is 27.0 Å². The van der Waals surface area contributed by atoms with Crippen LogP contribution in [0.3, 0.4) is 0 Å². The Bertz CT molecular complexity index is 868. The SMILES string of the molecule is C=C(CC)Nc1ccc2c(c1)C(=O)c1cc(NC(=C)CC)ccc1C2=O. The number of hydrogen-bond donors (Lipinski definition) is 2. The summed E-state index contributed by atoms with van der Waals surface area (Å²) < 4.78 is 0. The smallest absolute Gasteiger partial charge is 0.194 e. The van der Waals surface area contributed by atoms with Crippen molar-refractivity contribution in [2.24, 2.45) is 0 Å². The molecule has 2 aromatic carbocycles. The van der Waals surface area contributed by atoms with Crippen LogP contribution in [0.5, 0.6) is 0 Å². The number of hydrogen-bond acceptors (Lipinski definition) is 4. The molecule has 0 heterocycles. The third kappa shape index (κ3) is 3.18. The van der Waals surface area contributed by atoms with Crippen molar-refractivity contribution in [1.82, 2.24) is 0 Å². The summed E-state index contributed by atoms with van der Waals surface area (Å²) in [6, 6.07) is 10.5. The topological polar surface area (TPSA) is 58.2 Å². The van der Waals surface area contributed by atoms with Crippen LogP contribution in [0.4, 0.5) is 11.4 Å². The minimum atomic E-state index is -0.147. The van der Waals surface area contributed by atoms with Crippen LogP contribution >= 0.6 is 0 Å². The van der Waals surface area contributed by atoms with Gasteiger partial charge in [-0.25, -0.2) is 0 Å². The summed E-state index contributed by atoms with van der Waals surface area (Å²) in [5.74, 6) is -0.276. The van der Waals surface area contributed by atoms with Gasteiger partial charge in [0.1, 0.15) is 0 Å². The lowest BCUT2D eigenvalue weighted by atomic mass is 9.83. The van der Waals surface area contributed by atoms with Crippen LogP contribution in [0.1, 0.15) is 58.5 Å². The number of carbonyl (C=O) groups excluding carboxylic acids is 2. The van der Waals surface area contributed by atoms with Gasteiger partial charge in [0.25, 0.3) is 0 Å². The highest BCUT2D eigenvalue weighted by Gasteiger charge is 2.30.